The Balaban J connectivity index is 1.81. The first-order chi connectivity index (χ1) is 13.2. The zero-order chi connectivity index (χ0) is 18.4. The Morgan fingerprint density at radius 1 is 0.778 bits per heavy atom. The van der Waals surface area contributed by atoms with Crippen LogP contribution in [0.25, 0.3) is 21.8 Å². The van der Waals surface area contributed by atoms with Crippen molar-refractivity contribution in [2.45, 2.75) is 5.92 Å². The van der Waals surface area contributed by atoms with Gasteiger partial charge in [-0.3, -0.25) is 4.98 Å². The second kappa shape index (κ2) is 5.92. The third-order valence-electron chi connectivity index (χ3n) is 5.03. The van der Waals surface area contributed by atoms with Crippen LogP contribution in [-0.2, 0) is 0 Å². The van der Waals surface area contributed by atoms with Gasteiger partial charge >= 0.3 is 0 Å². The van der Waals surface area contributed by atoms with E-state index in [0.29, 0.717) is 0 Å². The van der Waals surface area contributed by atoms with E-state index in [1.54, 1.807) is 30.5 Å². The van der Waals surface area contributed by atoms with E-state index in [2.05, 4.69) is 15.0 Å². The van der Waals surface area contributed by atoms with Crippen molar-refractivity contribution in [3.8, 4) is 11.5 Å². The summed E-state index contributed by atoms with van der Waals surface area (Å²) < 4.78 is 0. The fraction of sp³-hybridized carbons (Fsp3) is 0.0455. The molecule has 0 atom stereocenters. The maximum Gasteiger partial charge on any atom is 0.116 e. The molecule has 0 amide bonds. The Hall–Kier alpha value is -3.73. The van der Waals surface area contributed by atoms with E-state index >= 15 is 0 Å². The van der Waals surface area contributed by atoms with Gasteiger partial charge in [0.1, 0.15) is 11.5 Å². The summed E-state index contributed by atoms with van der Waals surface area (Å²) in [5.41, 5.74) is 5.03. The highest BCUT2D eigenvalue weighted by Gasteiger charge is 2.23. The summed E-state index contributed by atoms with van der Waals surface area (Å²) in [5, 5.41) is 21.9. The van der Waals surface area contributed by atoms with Crippen LogP contribution in [-0.4, -0.2) is 25.2 Å². The van der Waals surface area contributed by atoms with Crippen molar-refractivity contribution in [1.82, 2.24) is 15.0 Å². The van der Waals surface area contributed by atoms with E-state index in [9.17, 15) is 10.2 Å². The maximum atomic E-state index is 10.00. The third kappa shape index (κ3) is 2.52. The number of hydrogen-bond acceptors (Lipinski definition) is 3. The van der Waals surface area contributed by atoms with Gasteiger partial charge in [-0.15, -0.1) is 0 Å². The van der Waals surface area contributed by atoms with Crippen LogP contribution < -0.4 is 0 Å². The number of aromatic nitrogens is 3. The molecule has 132 valence electrons. The molecule has 0 unspecified atom stereocenters. The first kappa shape index (κ1) is 15.5. The summed E-state index contributed by atoms with van der Waals surface area (Å²) in [7, 11) is 0. The monoisotopic (exact) mass is 355 g/mol. The molecule has 27 heavy (non-hydrogen) atoms. The van der Waals surface area contributed by atoms with Gasteiger partial charge in [0, 0.05) is 52.5 Å². The average Bonchev–Trinajstić information content (AvgIpc) is 3.28. The Morgan fingerprint density at radius 2 is 1.37 bits per heavy atom. The van der Waals surface area contributed by atoms with Crippen LogP contribution in [0.5, 0.6) is 11.5 Å². The van der Waals surface area contributed by atoms with E-state index in [1.165, 1.54) is 0 Å². The Labute approximate surface area is 155 Å². The fourth-order valence-electron chi connectivity index (χ4n) is 3.81. The van der Waals surface area contributed by atoms with Gasteiger partial charge in [-0.25, -0.2) is 0 Å². The molecule has 5 nitrogen and oxygen atoms in total. The minimum Gasteiger partial charge on any atom is -0.508 e. The Kier molecular flexibility index (Phi) is 3.40. The van der Waals surface area contributed by atoms with Crippen molar-refractivity contribution < 1.29 is 10.2 Å². The lowest BCUT2D eigenvalue weighted by atomic mass is 9.85. The molecule has 0 aliphatic rings. The largest absolute Gasteiger partial charge is 0.508 e. The van der Waals surface area contributed by atoms with Gasteiger partial charge in [-0.05, 0) is 59.2 Å². The standard InChI is InChI=1S/C22H17N3O2/c26-14-3-5-20-16(8-14)18(11-24-20)22(13-2-1-7-23-10-13)19-12-25-21-6-4-15(27)9-17(19)21/h1-12,22,24-27H. The molecule has 3 aromatic heterocycles. The summed E-state index contributed by atoms with van der Waals surface area (Å²) in [4.78, 5) is 10.9. The Bertz CT molecular complexity index is 1170. The van der Waals surface area contributed by atoms with Crippen molar-refractivity contribution in [1.29, 1.82) is 0 Å². The molecule has 0 aliphatic heterocycles. The fourth-order valence-corrected chi connectivity index (χ4v) is 3.81. The molecule has 0 spiro atoms. The number of aromatic hydroxyl groups is 2. The predicted octanol–water partition coefficient (Wildman–Crippen LogP) is 4.64. The van der Waals surface area contributed by atoms with Crippen molar-refractivity contribution in [2.75, 3.05) is 0 Å². The molecule has 0 saturated heterocycles. The number of fused-ring (bicyclic) bond motifs is 2. The molecule has 3 heterocycles. The van der Waals surface area contributed by atoms with Crippen LogP contribution in [0.1, 0.15) is 22.6 Å². The first-order valence-corrected chi connectivity index (χ1v) is 8.70. The van der Waals surface area contributed by atoms with Crippen LogP contribution >= 0.6 is 0 Å². The first-order valence-electron chi connectivity index (χ1n) is 8.70. The lowest BCUT2D eigenvalue weighted by Crippen LogP contribution is -2.02. The summed E-state index contributed by atoms with van der Waals surface area (Å²) in [6.07, 6.45) is 7.56. The van der Waals surface area contributed by atoms with Gasteiger partial charge < -0.3 is 20.2 Å². The molecule has 0 bridgehead atoms. The molecule has 0 aliphatic carbocycles. The van der Waals surface area contributed by atoms with Gasteiger partial charge in [0.15, 0.2) is 0 Å². The maximum absolute atomic E-state index is 10.00. The molecular weight excluding hydrogens is 338 g/mol. The number of nitrogens with one attached hydrogen (secondary N) is 2. The second-order valence-corrected chi connectivity index (χ2v) is 6.67. The molecule has 2 aromatic carbocycles. The number of aromatic amines is 2. The van der Waals surface area contributed by atoms with Crippen molar-refractivity contribution in [2.24, 2.45) is 0 Å². The topological polar surface area (TPSA) is 84.9 Å². The molecule has 5 rings (SSSR count). The van der Waals surface area contributed by atoms with Gasteiger partial charge in [0.2, 0.25) is 0 Å². The molecule has 0 saturated carbocycles. The van der Waals surface area contributed by atoms with Gasteiger partial charge in [0.25, 0.3) is 0 Å². The smallest absolute Gasteiger partial charge is 0.116 e. The zero-order valence-corrected chi connectivity index (χ0v) is 14.3. The minimum atomic E-state index is -0.107. The van der Waals surface area contributed by atoms with Gasteiger partial charge in [-0.1, -0.05) is 6.07 Å². The number of nitrogens with zero attached hydrogens (tertiary/aromatic N) is 1. The summed E-state index contributed by atoms with van der Waals surface area (Å²) in [5.74, 6) is 0.347. The molecule has 4 N–H and O–H groups in total. The van der Waals surface area contributed by atoms with E-state index in [0.717, 1.165) is 38.5 Å². The highest BCUT2D eigenvalue weighted by molar-refractivity contribution is 5.90. The number of H-pyrrole nitrogens is 2. The molecule has 0 fully saturated rings. The van der Waals surface area contributed by atoms with Crippen molar-refractivity contribution >= 4 is 21.8 Å². The number of pyridine rings is 1. The van der Waals surface area contributed by atoms with E-state index in [4.69, 9.17) is 0 Å². The average molecular weight is 355 g/mol. The minimum absolute atomic E-state index is 0.107. The Morgan fingerprint density at radius 3 is 1.89 bits per heavy atom. The number of benzene rings is 2. The van der Waals surface area contributed by atoms with E-state index in [-0.39, 0.29) is 17.4 Å². The molecular formula is C22H17N3O2. The number of phenols is 2. The van der Waals surface area contributed by atoms with Crippen molar-refractivity contribution in [3.05, 3.63) is 90.0 Å². The van der Waals surface area contributed by atoms with Gasteiger partial charge in [-0.2, -0.15) is 0 Å². The summed E-state index contributed by atoms with van der Waals surface area (Å²) in [6, 6.07) is 14.6. The van der Waals surface area contributed by atoms with Crippen molar-refractivity contribution in [3.63, 3.8) is 0 Å². The molecule has 5 heteroatoms. The quantitative estimate of drug-likeness (QED) is 0.380. The highest BCUT2D eigenvalue weighted by atomic mass is 16.3. The lowest BCUT2D eigenvalue weighted by molar-refractivity contribution is 0.475. The summed E-state index contributed by atoms with van der Waals surface area (Å²) in [6.45, 7) is 0. The predicted molar refractivity (Wildman–Crippen MR) is 105 cm³/mol. The zero-order valence-electron chi connectivity index (χ0n) is 14.3. The van der Waals surface area contributed by atoms with Crippen LogP contribution in [0.15, 0.2) is 73.3 Å². The highest BCUT2D eigenvalue weighted by Crippen LogP contribution is 2.40. The summed E-state index contributed by atoms with van der Waals surface area (Å²) >= 11 is 0. The third-order valence-corrected chi connectivity index (χ3v) is 5.03. The number of hydrogen-bond donors (Lipinski definition) is 4. The lowest BCUT2D eigenvalue weighted by Gasteiger charge is -2.17. The normalized spacial score (nSPS) is 11.6. The molecule has 0 radical (unpaired) electrons. The van der Waals surface area contributed by atoms with Crippen LogP contribution in [0.4, 0.5) is 0 Å². The molecule has 5 aromatic rings. The van der Waals surface area contributed by atoms with E-state index in [1.807, 2.05) is 42.9 Å². The number of phenolic OH excluding ortho intramolecular Hbond substituents is 2. The second-order valence-electron chi connectivity index (χ2n) is 6.67. The number of rotatable bonds is 3. The SMILES string of the molecule is Oc1ccc2[nH]cc(C(c3cccnc3)c3c[nH]c4ccc(O)cc34)c2c1. The van der Waals surface area contributed by atoms with Crippen LogP contribution in [0, 0.1) is 0 Å². The van der Waals surface area contributed by atoms with Crippen LogP contribution in [0.2, 0.25) is 0 Å². The van der Waals surface area contributed by atoms with Gasteiger partial charge in [0.05, 0.1) is 0 Å². The van der Waals surface area contributed by atoms with E-state index < -0.39 is 0 Å². The van der Waals surface area contributed by atoms with Crippen LogP contribution in [0.3, 0.4) is 0 Å².